The Labute approximate surface area is 176 Å². The Morgan fingerprint density at radius 3 is 2.50 bits per heavy atom. The van der Waals surface area contributed by atoms with Crippen molar-refractivity contribution < 1.29 is 28.7 Å². The second kappa shape index (κ2) is 9.84. The van der Waals surface area contributed by atoms with Crippen LogP contribution in [0.4, 0.5) is 0 Å². The molecule has 0 saturated heterocycles. The van der Waals surface area contributed by atoms with E-state index in [-0.39, 0.29) is 47.7 Å². The Bertz CT molecular complexity index is 831. The van der Waals surface area contributed by atoms with Crippen LogP contribution in [0.3, 0.4) is 0 Å². The van der Waals surface area contributed by atoms with Gasteiger partial charge in [0.1, 0.15) is 0 Å². The summed E-state index contributed by atoms with van der Waals surface area (Å²) in [5.74, 6) is -1.75. The monoisotopic (exact) mass is 416 g/mol. The molecule has 0 atom stereocenters. The summed E-state index contributed by atoms with van der Waals surface area (Å²) >= 11 is 0. The first-order chi connectivity index (χ1) is 14.4. The van der Waals surface area contributed by atoms with Crippen LogP contribution in [0.1, 0.15) is 69.6 Å². The number of hydrogen-bond donors (Lipinski definition) is 0. The van der Waals surface area contributed by atoms with Crippen molar-refractivity contribution >= 4 is 23.7 Å². The fraction of sp³-hybridized carbons (Fsp3) is 0.545. The van der Waals surface area contributed by atoms with Crippen LogP contribution < -0.4 is 0 Å². The van der Waals surface area contributed by atoms with Crippen molar-refractivity contribution in [3.63, 3.8) is 0 Å². The molecular weight excluding hydrogens is 388 g/mol. The van der Waals surface area contributed by atoms with E-state index in [1.165, 1.54) is 24.6 Å². The van der Waals surface area contributed by atoms with Crippen LogP contribution in [-0.4, -0.2) is 73.4 Å². The Kier molecular flexibility index (Phi) is 7.20. The van der Waals surface area contributed by atoms with Crippen molar-refractivity contribution in [3.05, 3.63) is 34.9 Å². The second-order valence-corrected chi connectivity index (χ2v) is 7.74. The third-order valence-electron chi connectivity index (χ3n) is 5.78. The number of likely N-dealkylation sites (N-methyl/N-ethyl adjacent to an activating group) is 1. The number of nitrogens with zero attached hydrogens (tertiary/aromatic N) is 2. The van der Waals surface area contributed by atoms with Gasteiger partial charge in [0, 0.05) is 33.4 Å². The minimum absolute atomic E-state index is 0.141. The summed E-state index contributed by atoms with van der Waals surface area (Å²) in [6, 6.07) is 4.46. The van der Waals surface area contributed by atoms with E-state index in [1.54, 1.807) is 19.1 Å². The van der Waals surface area contributed by atoms with E-state index >= 15 is 0 Å². The molecular formula is C22H28N2O6. The largest absolute Gasteiger partial charge is 0.452 e. The molecule has 0 N–H and O–H groups in total. The fourth-order valence-electron chi connectivity index (χ4n) is 3.97. The fourth-order valence-corrected chi connectivity index (χ4v) is 3.97. The van der Waals surface area contributed by atoms with E-state index in [9.17, 15) is 19.2 Å². The average molecular weight is 416 g/mol. The molecule has 0 bridgehead atoms. The topological polar surface area (TPSA) is 93.2 Å². The molecule has 3 amide bonds. The zero-order valence-electron chi connectivity index (χ0n) is 17.5. The Balaban J connectivity index is 1.60. The van der Waals surface area contributed by atoms with E-state index in [1.807, 2.05) is 0 Å². The summed E-state index contributed by atoms with van der Waals surface area (Å²) < 4.78 is 10.1. The van der Waals surface area contributed by atoms with Gasteiger partial charge >= 0.3 is 5.97 Å². The Morgan fingerprint density at radius 1 is 1.10 bits per heavy atom. The lowest BCUT2D eigenvalue weighted by Crippen LogP contribution is -2.40. The molecule has 1 heterocycles. The van der Waals surface area contributed by atoms with Gasteiger partial charge in [0.15, 0.2) is 6.61 Å². The predicted octanol–water partition coefficient (Wildman–Crippen LogP) is 2.27. The smallest absolute Gasteiger partial charge is 0.338 e. The van der Waals surface area contributed by atoms with Gasteiger partial charge in [-0.05, 0) is 37.5 Å². The van der Waals surface area contributed by atoms with Crippen LogP contribution in [0.5, 0.6) is 0 Å². The number of hydrogen-bond acceptors (Lipinski definition) is 6. The summed E-state index contributed by atoms with van der Waals surface area (Å²) in [7, 11) is 3.29. The van der Waals surface area contributed by atoms with Crippen molar-refractivity contribution in [2.45, 2.75) is 44.6 Å². The predicted molar refractivity (Wildman–Crippen MR) is 108 cm³/mol. The highest BCUT2D eigenvalue weighted by Gasteiger charge is 2.35. The van der Waals surface area contributed by atoms with Gasteiger partial charge in [-0.15, -0.1) is 0 Å². The van der Waals surface area contributed by atoms with Crippen molar-refractivity contribution in [1.29, 1.82) is 0 Å². The quantitative estimate of drug-likeness (QED) is 0.367. The van der Waals surface area contributed by atoms with E-state index in [2.05, 4.69) is 0 Å². The summed E-state index contributed by atoms with van der Waals surface area (Å²) in [5, 5.41) is 0. The first-order valence-electron chi connectivity index (χ1n) is 10.4. The minimum atomic E-state index is -0.693. The average Bonchev–Trinajstić information content (AvgIpc) is 3.01. The molecule has 2 aliphatic rings. The zero-order valence-corrected chi connectivity index (χ0v) is 17.5. The summed E-state index contributed by atoms with van der Waals surface area (Å²) in [5.41, 5.74) is 0.585. The molecule has 1 saturated carbocycles. The maximum atomic E-state index is 12.6. The lowest BCUT2D eigenvalue weighted by atomic mass is 9.94. The summed E-state index contributed by atoms with van der Waals surface area (Å²) in [4.78, 5) is 52.6. The highest BCUT2D eigenvalue weighted by atomic mass is 16.5. The van der Waals surface area contributed by atoms with Crippen LogP contribution >= 0.6 is 0 Å². The number of methoxy groups -OCH3 is 1. The van der Waals surface area contributed by atoms with Gasteiger partial charge < -0.3 is 14.4 Å². The molecule has 162 valence electrons. The molecule has 0 radical (unpaired) electrons. The van der Waals surface area contributed by atoms with Gasteiger partial charge in [-0.1, -0.05) is 19.3 Å². The number of amides is 3. The molecule has 1 aliphatic heterocycles. The number of fused-ring (bicyclic) bond motifs is 1. The van der Waals surface area contributed by atoms with Crippen LogP contribution in [0, 0.1) is 0 Å². The Hall–Kier alpha value is -2.74. The van der Waals surface area contributed by atoms with Crippen molar-refractivity contribution in [3.8, 4) is 0 Å². The van der Waals surface area contributed by atoms with E-state index < -0.39 is 11.9 Å². The third kappa shape index (κ3) is 4.70. The lowest BCUT2D eigenvalue weighted by molar-refractivity contribution is -0.135. The Morgan fingerprint density at radius 2 is 1.80 bits per heavy atom. The summed E-state index contributed by atoms with van der Waals surface area (Å²) in [6.45, 7) is 0.342. The molecule has 0 aromatic heterocycles. The summed E-state index contributed by atoms with van der Waals surface area (Å²) in [6.07, 6.45) is 5.87. The molecule has 30 heavy (non-hydrogen) atoms. The van der Waals surface area contributed by atoms with Crippen LogP contribution in [0.15, 0.2) is 18.2 Å². The highest BCUT2D eigenvalue weighted by Crippen LogP contribution is 2.25. The zero-order chi connectivity index (χ0) is 21.7. The molecule has 1 aliphatic carbocycles. The number of carbonyl (C=O) groups is 4. The third-order valence-corrected chi connectivity index (χ3v) is 5.78. The standard InChI is InChI=1S/C22H28N2O6/c1-23(16-7-4-3-5-8-16)19(25)14-30-22(28)15-9-10-17-18(13-15)21(27)24(20(17)26)11-6-12-29-2/h9-10,13,16H,3-8,11-12,14H2,1-2H3. The van der Waals surface area contributed by atoms with Crippen LogP contribution in [0.25, 0.3) is 0 Å². The number of ether oxygens (including phenoxy) is 2. The molecule has 0 spiro atoms. The first-order valence-corrected chi connectivity index (χ1v) is 10.4. The van der Waals surface area contributed by atoms with Crippen molar-refractivity contribution in [2.24, 2.45) is 0 Å². The number of esters is 1. The second-order valence-electron chi connectivity index (χ2n) is 7.74. The van der Waals surface area contributed by atoms with Gasteiger partial charge in [0.25, 0.3) is 17.7 Å². The van der Waals surface area contributed by atoms with Crippen LogP contribution in [0.2, 0.25) is 0 Å². The molecule has 8 nitrogen and oxygen atoms in total. The van der Waals surface area contributed by atoms with Gasteiger partial charge in [-0.3, -0.25) is 19.3 Å². The van der Waals surface area contributed by atoms with Crippen molar-refractivity contribution in [2.75, 3.05) is 33.9 Å². The lowest BCUT2D eigenvalue weighted by Gasteiger charge is -2.31. The van der Waals surface area contributed by atoms with Gasteiger partial charge in [0.2, 0.25) is 0 Å². The maximum absolute atomic E-state index is 12.6. The molecule has 1 aromatic carbocycles. The van der Waals surface area contributed by atoms with E-state index in [0.29, 0.717) is 13.0 Å². The van der Waals surface area contributed by atoms with E-state index in [4.69, 9.17) is 9.47 Å². The molecule has 8 heteroatoms. The normalized spacial score (nSPS) is 16.5. The molecule has 1 aromatic rings. The molecule has 1 fully saturated rings. The number of imide groups is 1. The molecule has 3 rings (SSSR count). The molecule has 0 unspecified atom stereocenters. The van der Waals surface area contributed by atoms with E-state index in [0.717, 1.165) is 30.6 Å². The van der Waals surface area contributed by atoms with Gasteiger partial charge in [-0.2, -0.15) is 0 Å². The SMILES string of the molecule is COCCCN1C(=O)c2ccc(C(=O)OCC(=O)N(C)C3CCCCC3)cc2C1=O. The van der Waals surface area contributed by atoms with Gasteiger partial charge in [-0.25, -0.2) is 4.79 Å². The first kappa shape index (κ1) is 22.0. The number of carbonyl (C=O) groups excluding carboxylic acids is 4. The van der Waals surface area contributed by atoms with Crippen LogP contribution in [-0.2, 0) is 14.3 Å². The maximum Gasteiger partial charge on any atom is 0.338 e. The van der Waals surface area contributed by atoms with Crippen molar-refractivity contribution in [1.82, 2.24) is 9.80 Å². The number of rotatable bonds is 8. The minimum Gasteiger partial charge on any atom is -0.452 e. The van der Waals surface area contributed by atoms with Gasteiger partial charge in [0.05, 0.1) is 16.7 Å². The number of benzene rings is 1. The highest BCUT2D eigenvalue weighted by molar-refractivity contribution is 6.21.